The van der Waals surface area contributed by atoms with E-state index in [9.17, 15) is 22.0 Å². The van der Waals surface area contributed by atoms with Crippen LogP contribution in [0.1, 0.15) is 23.2 Å². The molecule has 1 fully saturated rings. The van der Waals surface area contributed by atoms with Crippen LogP contribution in [0.2, 0.25) is 0 Å². The number of carbonyl (C=O) groups excluding carboxylic acids is 1. The summed E-state index contributed by atoms with van der Waals surface area (Å²) in [5, 5.41) is 2.06. The zero-order chi connectivity index (χ0) is 18.7. The van der Waals surface area contributed by atoms with Crippen LogP contribution in [0.25, 0.3) is 0 Å². The Hall–Kier alpha value is -1.78. The molecule has 0 atom stereocenters. The van der Waals surface area contributed by atoms with Gasteiger partial charge in [0, 0.05) is 18.7 Å². The molecule has 0 bridgehead atoms. The Morgan fingerprint density at radius 3 is 2.56 bits per heavy atom. The van der Waals surface area contributed by atoms with Crippen molar-refractivity contribution in [3.8, 4) is 5.75 Å². The molecule has 0 spiro atoms. The van der Waals surface area contributed by atoms with Gasteiger partial charge in [-0.15, -0.1) is 0 Å². The monoisotopic (exact) mass is 377 g/mol. The average molecular weight is 377 g/mol. The molecule has 25 heavy (non-hydrogen) atoms. The largest absolute Gasteiger partial charge is 0.495 e. The topological polar surface area (TPSA) is 102 Å². The molecule has 7 nitrogen and oxygen atoms in total. The fourth-order valence-corrected chi connectivity index (χ4v) is 4.17. The summed E-state index contributed by atoms with van der Waals surface area (Å²) < 4.78 is 58.2. The van der Waals surface area contributed by atoms with E-state index < -0.39 is 34.9 Å². The predicted molar refractivity (Wildman–Crippen MR) is 87.3 cm³/mol. The van der Waals surface area contributed by atoms with Gasteiger partial charge in [-0.05, 0) is 31.0 Å². The summed E-state index contributed by atoms with van der Waals surface area (Å²) in [6, 6.07) is 3.79. The predicted octanol–water partition coefficient (Wildman–Crippen LogP) is 0.804. The van der Waals surface area contributed by atoms with E-state index in [4.69, 9.17) is 10.5 Å². The van der Waals surface area contributed by atoms with Gasteiger partial charge in [0.2, 0.25) is 10.0 Å². The molecule has 0 radical (unpaired) electrons. The number of carbonyl (C=O) groups is 1. The Morgan fingerprint density at radius 1 is 1.36 bits per heavy atom. The maximum Gasteiger partial charge on any atom is 0.277 e. The van der Waals surface area contributed by atoms with Gasteiger partial charge in [-0.2, -0.15) is 4.31 Å². The second-order valence-corrected chi connectivity index (χ2v) is 7.63. The molecule has 1 aliphatic heterocycles. The number of halogens is 2. The number of nitrogens with zero attached hydrogens (tertiary/aromatic N) is 1. The number of methoxy groups -OCH3 is 1. The molecule has 1 aromatic rings. The first-order valence-electron chi connectivity index (χ1n) is 7.75. The van der Waals surface area contributed by atoms with E-state index in [1.807, 2.05) is 0 Å². The van der Waals surface area contributed by atoms with Gasteiger partial charge in [-0.25, -0.2) is 17.2 Å². The van der Waals surface area contributed by atoms with Gasteiger partial charge >= 0.3 is 0 Å². The zero-order valence-corrected chi connectivity index (χ0v) is 14.6. The average Bonchev–Trinajstić information content (AvgIpc) is 3.14. The number of alkyl halides is 2. The van der Waals surface area contributed by atoms with Gasteiger partial charge in [-0.1, -0.05) is 0 Å². The van der Waals surface area contributed by atoms with Crippen LogP contribution in [0.15, 0.2) is 23.1 Å². The number of hydrogen-bond donors (Lipinski definition) is 2. The summed E-state index contributed by atoms with van der Waals surface area (Å²) in [7, 11) is -2.51. The SMILES string of the molecule is COc1ccc(C(=O)NCC(F)(F)CN)cc1S(=O)(=O)N1CCCC1. The maximum absolute atomic E-state index is 13.2. The van der Waals surface area contributed by atoms with Gasteiger partial charge < -0.3 is 15.8 Å². The number of nitrogens with one attached hydrogen (secondary N) is 1. The molecule has 1 aromatic carbocycles. The van der Waals surface area contributed by atoms with Gasteiger partial charge in [-0.3, -0.25) is 4.79 Å². The van der Waals surface area contributed by atoms with E-state index in [2.05, 4.69) is 5.32 Å². The van der Waals surface area contributed by atoms with Crippen molar-refractivity contribution >= 4 is 15.9 Å². The Labute approximate surface area is 145 Å². The second kappa shape index (κ2) is 7.63. The van der Waals surface area contributed by atoms with E-state index in [1.165, 1.54) is 23.5 Å². The molecule has 0 unspecified atom stereocenters. The van der Waals surface area contributed by atoms with Crippen LogP contribution in [0.3, 0.4) is 0 Å². The third kappa shape index (κ3) is 4.44. The lowest BCUT2D eigenvalue weighted by Crippen LogP contribution is -2.41. The van der Waals surface area contributed by atoms with Crippen LogP contribution >= 0.6 is 0 Å². The van der Waals surface area contributed by atoms with Gasteiger partial charge in [0.1, 0.15) is 10.6 Å². The van der Waals surface area contributed by atoms with Crippen molar-refractivity contribution in [3.05, 3.63) is 23.8 Å². The summed E-state index contributed by atoms with van der Waals surface area (Å²) in [4.78, 5) is 11.9. The van der Waals surface area contributed by atoms with Crippen LogP contribution in [-0.2, 0) is 10.0 Å². The fourth-order valence-electron chi connectivity index (χ4n) is 2.47. The molecule has 1 amide bonds. The normalized spacial score (nSPS) is 16.0. The quantitative estimate of drug-likeness (QED) is 0.732. The molecule has 1 saturated heterocycles. The van der Waals surface area contributed by atoms with Crippen molar-refractivity contribution in [2.24, 2.45) is 5.73 Å². The van der Waals surface area contributed by atoms with Crippen LogP contribution in [0.4, 0.5) is 8.78 Å². The number of amides is 1. The van der Waals surface area contributed by atoms with Crippen molar-refractivity contribution in [1.82, 2.24) is 9.62 Å². The van der Waals surface area contributed by atoms with Gasteiger partial charge in [0.05, 0.1) is 20.2 Å². The summed E-state index contributed by atoms with van der Waals surface area (Å²) in [6.07, 6.45) is 1.52. The molecule has 0 aromatic heterocycles. The Bertz CT molecular complexity index is 734. The molecular formula is C15H21F2N3O4S. The Kier molecular flexibility index (Phi) is 5.96. The highest BCUT2D eigenvalue weighted by atomic mass is 32.2. The molecule has 1 aliphatic rings. The van der Waals surface area contributed by atoms with Crippen molar-refractivity contribution in [3.63, 3.8) is 0 Å². The first-order valence-corrected chi connectivity index (χ1v) is 9.19. The molecule has 0 aliphatic carbocycles. The highest BCUT2D eigenvalue weighted by Crippen LogP contribution is 2.29. The van der Waals surface area contributed by atoms with E-state index in [0.717, 1.165) is 18.9 Å². The van der Waals surface area contributed by atoms with Crippen molar-refractivity contribution in [2.75, 3.05) is 33.3 Å². The van der Waals surface area contributed by atoms with Crippen molar-refractivity contribution < 1.29 is 26.7 Å². The van der Waals surface area contributed by atoms with Gasteiger partial charge in [0.15, 0.2) is 0 Å². The highest BCUT2D eigenvalue weighted by Gasteiger charge is 2.31. The number of sulfonamides is 1. The minimum absolute atomic E-state index is 0.0496. The summed E-state index contributed by atoms with van der Waals surface area (Å²) in [5.41, 5.74) is 4.87. The summed E-state index contributed by atoms with van der Waals surface area (Å²) in [5.74, 6) is -3.95. The van der Waals surface area contributed by atoms with Crippen LogP contribution in [-0.4, -0.2) is 57.8 Å². The lowest BCUT2D eigenvalue weighted by Gasteiger charge is -2.19. The lowest BCUT2D eigenvalue weighted by atomic mass is 10.2. The molecule has 0 saturated carbocycles. The Morgan fingerprint density at radius 2 is 2.00 bits per heavy atom. The van der Waals surface area contributed by atoms with Crippen molar-refractivity contribution in [2.45, 2.75) is 23.7 Å². The zero-order valence-electron chi connectivity index (χ0n) is 13.8. The molecule has 1 heterocycles. The maximum atomic E-state index is 13.2. The molecule has 140 valence electrons. The first kappa shape index (κ1) is 19.5. The molecule has 10 heteroatoms. The molecule has 2 rings (SSSR count). The minimum atomic E-state index is -3.83. The van der Waals surface area contributed by atoms with E-state index in [0.29, 0.717) is 13.1 Å². The second-order valence-electron chi connectivity index (χ2n) is 5.72. The van der Waals surface area contributed by atoms with Crippen LogP contribution < -0.4 is 15.8 Å². The number of hydrogen-bond acceptors (Lipinski definition) is 5. The standard InChI is InChI=1S/C15H21F2N3O4S/c1-24-12-5-4-11(14(21)19-10-15(16,17)9-18)8-13(12)25(22,23)20-6-2-3-7-20/h4-5,8H,2-3,6-7,9-10,18H2,1H3,(H,19,21). The van der Waals surface area contributed by atoms with Gasteiger partial charge in [0.25, 0.3) is 11.8 Å². The number of ether oxygens (including phenoxy) is 1. The van der Waals surface area contributed by atoms with Crippen LogP contribution in [0.5, 0.6) is 5.75 Å². The summed E-state index contributed by atoms with van der Waals surface area (Å²) >= 11 is 0. The molecule has 3 N–H and O–H groups in total. The Balaban J connectivity index is 2.29. The summed E-state index contributed by atoms with van der Waals surface area (Å²) in [6.45, 7) is -1.04. The number of rotatable bonds is 7. The first-order chi connectivity index (χ1) is 11.7. The van der Waals surface area contributed by atoms with Crippen molar-refractivity contribution in [1.29, 1.82) is 0 Å². The fraction of sp³-hybridized carbons (Fsp3) is 0.533. The lowest BCUT2D eigenvalue weighted by molar-refractivity contribution is 0.0118. The van der Waals surface area contributed by atoms with E-state index in [-0.39, 0.29) is 16.2 Å². The van der Waals surface area contributed by atoms with E-state index in [1.54, 1.807) is 0 Å². The highest BCUT2D eigenvalue weighted by molar-refractivity contribution is 7.89. The molecular weight excluding hydrogens is 356 g/mol. The third-order valence-corrected chi connectivity index (χ3v) is 5.83. The smallest absolute Gasteiger partial charge is 0.277 e. The van der Waals surface area contributed by atoms with E-state index >= 15 is 0 Å². The minimum Gasteiger partial charge on any atom is -0.495 e. The van der Waals surface area contributed by atoms with Crippen LogP contribution in [0, 0.1) is 0 Å². The number of nitrogens with two attached hydrogens (primary N) is 1. The number of benzene rings is 1. The third-order valence-electron chi connectivity index (χ3n) is 3.91.